The van der Waals surface area contributed by atoms with E-state index in [2.05, 4.69) is 10.1 Å². The summed E-state index contributed by atoms with van der Waals surface area (Å²) in [7, 11) is 0. The van der Waals surface area contributed by atoms with Crippen LogP contribution >= 0.6 is 0 Å². The number of carbonyl (C=O) groups excluding carboxylic acids is 1. The first-order chi connectivity index (χ1) is 5.99. The number of halogens is 3. The molecule has 6 heteroatoms. The Morgan fingerprint density at radius 2 is 2.23 bits per heavy atom. The van der Waals surface area contributed by atoms with Crippen LogP contribution in [0.25, 0.3) is 0 Å². The quantitative estimate of drug-likeness (QED) is 0.723. The van der Waals surface area contributed by atoms with Gasteiger partial charge in [0.25, 0.3) is 0 Å². The molecule has 0 spiro atoms. The van der Waals surface area contributed by atoms with Crippen LogP contribution in [0.15, 0.2) is 0 Å². The molecule has 0 aromatic carbocycles. The number of rotatable bonds is 3. The molecule has 76 valence electrons. The summed E-state index contributed by atoms with van der Waals surface area (Å²) in [4.78, 5) is 10.9. The highest BCUT2D eigenvalue weighted by atomic mass is 19.4. The van der Waals surface area contributed by atoms with Gasteiger partial charge in [0, 0.05) is 6.54 Å². The summed E-state index contributed by atoms with van der Waals surface area (Å²) < 4.78 is 39.2. The van der Waals surface area contributed by atoms with E-state index in [0.29, 0.717) is 13.0 Å². The average Bonchev–Trinajstić information content (AvgIpc) is 2.34. The zero-order chi connectivity index (χ0) is 9.90. The predicted octanol–water partition coefficient (Wildman–Crippen LogP) is 0.701. The molecule has 1 aliphatic heterocycles. The Hall–Kier alpha value is -0.780. The monoisotopic (exact) mass is 197 g/mol. The van der Waals surface area contributed by atoms with Crippen molar-refractivity contribution >= 4 is 5.91 Å². The van der Waals surface area contributed by atoms with Gasteiger partial charge in [-0.15, -0.1) is 0 Å². The lowest BCUT2D eigenvalue weighted by Crippen LogP contribution is -2.25. The van der Waals surface area contributed by atoms with E-state index >= 15 is 0 Å². The Morgan fingerprint density at radius 1 is 1.54 bits per heavy atom. The van der Waals surface area contributed by atoms with Gasteiger partial charge in [0.15, 0.2) is 0 Å². The molecule has 1 heterocycles. The maximum absolute atomic E-state index is 11.6. The van der Waals surface area contributed by atoms with E-state index < -0.39 is 18.7 Å². The van der Waals surface area contributed by atoms with Gasteiger partial charge in [-0.1, -0.05) is 0 Å². The van der Waals surface area contributed by atoms with Gasteiger partial charge in [-0.2, -0.15) is 13.2 Å². The number of nitrogens with one attached hydrogen (secondary N) is 1. The van der Waals surface area contributed by atoms with E-state index in [9.17, 15) is 18.0 Å². The summed E-state index contributed by atoms with van der Waals surface area (Å²) in [5.74, 6) is -0.635. The van der Waals surface area contributed by atoms with Gasteiger partial charge in [0.05, 0.1) is 12.5 Å². The molecule has 1 fully saturated rings. The van der Waals surface area contributed by atoms with Crippen LogP contribution < -0.4 is 5.32 Å². The van der Waals surface area contributed by atoms with Crippen LogP contribution in [0, 0.1) is 5.92 Å². The molecule has 1 rings (SSSR count). The molecule has 0 saturated carbocycles. The zero-order valence-electron chi connectivity index (χ0n) is 6.86. The summed E-state index contributed by atoms with van der Waals surface area (Å²) in [5.41, 5.74) is 0. The Balaban J connectivity index is 2.16. The SMILES string of the molecule is O=C1NCCC1COCC(F)(F)F. The van der Waals surface area contributed by atoms with Gasteiger partial charge < -0.3 is 10.1 Å². The van der Waals surface area contributed by atoms with E-state index in [-0.39, 0.29) is 12.5 Å². The first-order valence-corrected chi connectivity index (χ1v) is 3.91. The number of hydrogen-bond acceptors (Lipinski definition) is 2. The number of alkyl halides is 3. The molecule has 13 heavy (non-hydrogen) atoms. The van der Waals surface area contributed by atoms with E-state index in [4.69, 9.17) is 0 Å². The van der Waals surface area contributed by atoms with Crippen LogP contribution in [0.2, 0.25) is 0 Å². The summed E-state index contributed by atoms with van der Waals surface area (Å²) >= 11 is 0. The van der Waals surface area contributed by atoms with Gasteiger partial charge in [-0.3, -0.25) is 4.79 Å². The third-order valence-corrected chi connectivity index (χ3v) is 1.75. The molecule has 1 saturated heterocycles. The fraction of sp³-hybridized carbons (Fsp3) is 0.857. The van der Waals surface area contributed by atoms with Crippen molar-refractivity contribution < 1.29 is 22.7 Å². The number of hydrogen-bond donors (Lipinski definition) is 1. The highest BCUT2D eigenvalue weighted by Gasteiger charge is 2.30. The van der Waals surface area contributed by atoms with Gasteiger partial charge in [-0.25, -0.2) is 0 Å². The second-order valence-electron chi connectivity index (χ2n) is 2.91. The molecule has 0 aromatic heterocycles. The molecule has 1 unspecified atom stereocenters. The van der Waals surface area contributed by atoms with Crippen molar-refractivity contribution in [2.45, 2.75) is 12.6 Å². The Kier molecular flexibility index (Phi) is 3.13. The van der Waals surface area contributed by atoms with E-state index in [1.807, 2.05) is 0 Å². The van der Waals surface area contributed by atoms with Crippen molar-refractivity contribution in [3.63, 3.8) is 0 Å². The lowest BCUT2D eigenvalue weighted by molar-refractivity contribution is -0.177. The van der Waals surface area contributed by atoms with Crippen LogP contribution in [0.5, 0.6) is 0 Å². The molecule has 0 radical (unpaired) electrons. The van der Waals surface area contributed by atoms with Crippen LogP contribution in [0.3, 0.4) is 0 Å². The van der Waals surface area contributed by atoms with E-state index in [0.717, 1.165) is 0 Å². The lowest BCUT2D eigenvalue weighted by Gasteiger charge is -2.09. The second-order valence-corrected chi connectivity index (χ2v) is 2.91. The zero-order valence-corrected chi connectivity index (χ0v) is 6.86. The number of carbonyl (C=O) groups is 1. The van der Waals surface area contributed by atoms with Gasteiger partial charge in [0.2, 0.25) is 5.91 Å². The van der Waals surface area contributed by atoms with E-state index in [1.165, 1.54) is 0 Å². The largest absolute Gasteiger partial charge is 0.411 e. The fourth-order valence-corrected chi connectivity index (χ4v) is 1.12. The highest BCUT2D eigenvalue weighted by molar-refractivity contribution is 5.80. The molecule has 1 N–H and O–H groups in total. The topological polar surface area (TPSA) is 38.3 Å². The Bertz CT molecular complexity index is 193. The van der Waals surface area contributed by atoms with Crippen LogP contribution in [0.4, 0.5) is 13.2 Å². The number of ether oxygens (including phenoxy) is 1. The molecule has 0 bridgehead atoms. The number of amides is 1. The Morgan fingerprint density at radius 3 is 2.69 bits per heavy atom. The highest BCUT2D eigenvalue weighted by Crippen LogP contribution is 2.16. The van der Waals surface area contributed by atoms with Crippen molar-refractivity contribution in [3.8, 4) is 0 Å². The summed E-state index contributed by atoms with van der Waals surface area (Å²) in [6.07, 6.45) is -3.76. The second kappa shape index (κ2) is 3.95. The van der Waals surface area contributed by atoms with Crippen LogP contribution in [-0.2, 0) is 9.53 Å². The molecule has 0 aromatic rings. The lowest BCUT2D eigenvalue weighted by atomic mass is 10.1. The minimum atomic E-state index is -4.31. The first-order valence-electron chi connectivity index (χ1n) is 3.91. The van der Waals surface area contributed by atoms with Crippen LogP contribution in [-0.4, -0.2) is 31.8 Å². The minimum absolute atomic E-state index is 0.147. The molecule has 1 aliphatic rings. The van der Waals surface area contributed by atoms with Gasteiger partial charge in [0.1, 0.15) is 6.61 Å². The molecule has 1 amide bonds. The van der Waals surface area contributed by atoms with Crippen molar-refractivity contribution in [3.05, 3.63) is 0 Å². The van der Waals surface area contributed by atoms with Crippen molar-refractivity contribution in [2.75, 3.05) is 19.8 Å². The van der Waals surface area contributed by atoms with Crippen molar-refractivity contribution in [2.24, 2.45) is 5.92 Å². The average molecular weight is 197 g/mol. The predicted molar refractivity (Wildman–Crippen MR) is 38.0 cm³/mol. The third kappa shape index (κ3) is 3.63. The minimum Gasteiger partial charge on any atom is -0.371 e. The maximum atomic E-state index is 11.6. The summed E-state index contributed by atoms with van der Waals surface area (Å²) in [6, 6.07) is 0. The van der Waals surface area contributed by atoms with Gasteiger partial charge in [-0.05, 0) is 6.42 Å². The summed E-state index contributed by atoms with van der Waals surface area (Å²) in [6.45, 7) is -0.902. The third-order valence-electron chi connectivity index (χ3n) is 1.75. The molecular weight excluding hydrogens is 187 g/mol. The summed E-state index contributed by atoms with van der Waals surface area (Å²) in [5, 5.41) is 2.52. The van der Waals surface area contributed by atoms with Crippen molar-refractivity contribution in [1.82, 2.24) is 5.32 Å². The van der Waals surface area contributed by atoms with Crippen molar-refractivity contribution in [1.29, 1.82) is 0 Å². The standard InChI is InChI=1S/C7H10F3NO2/c8-7(9,10)4-13-3-5-1-2-11-6(5)12/h5H,1-4H2,(H,11,12). The van der Waals surface area contributed by atoms with Crippen LogP contribution in [0.1, 0.15) is 6.42 Å². The van der Waals surface area contributed by atoms with Gasteiger partial charge >= 0.3 is 6.18 Å². The Labute approximate surface area is 73.2 Å². The maximum Gasteiger partial charge on any atom is 0.411 e. The molecule has 0 aliphatic carbocycles. The molecular formula is C7H10F3NO2. The normalized spacial score (nSPS) is 23.3. The fourth-order valence-electron chi connectivity index (χ4n) is 1.12. The van der Waals surface area contributed by atoms with E-state index in [1.54, 1.807) is 0 Å². The molecule has 3 nitrogen and oxygen atoms in total. The smallest absolute Gasteiger partial charge is 0.371 e. The first kappa shape index (κ1) is 10.3. The molecule has 1 atom stereocenters.